The topological polar surface area (TPSA) is 94.6 Å². The Bertz CT molecular complexity index is 1210. The maximum absolute atomic E-state index is 10.2. The van der Waals surface area contributed by atoms with Gasteiger partial charge in [-0.15, -0.1) is 0 Å². The smallest absolute Gasteiger partial charge is 0.335 e. The van der Waals surface area contributed by atoms with E-state index >= 15 is 0 Å². The van der Waals surface area contributed by atoms with E-state index in [0.29, 0.717) is 12.1 Å². The SMILES string of the molecule is CC(C)(C)NCC(O)COc1ccccc1Cc1cccc2[nH]ccc12.O=C(O)c1ccccc1. The summed E-state index contributed by atoms with van der Waals surface area (Å²) in [6, 6.07) is 24.7. The minimum absolute atomic E-state index is 0.0197. The molecule has 0 aliphatic carbocycles. The number of fused-ring (bicyclic) bond motifs is 1. The van der Waals surface area contributed by atoms with E-state index in [-0.39, 0.29) is 12.1 Å². The number of carboxylic acid groups (broad SMARTS) is 1. The number of nitrogens with one attached hydrogen (secondary N) is 2. The van der Waals surface area contributed by atoms with Crippen LogP contribution in [0.25, 0.3) is 10.9 Å². The number of benzene rings is 3. The molecule has 0 saturated carbocycles. The van der Waals surface area contributed by atoms with Gasteiger partial charge in [0.15, 0.2) is 0 Å². The van der Waals surface area contributed by atoms with Crippen LogP contribution in [0.15, 0.2) is 85.1 Å². The summed E-state index contributed by atoms with van der Waals surface area (Å²) in [4.78, 5) is 13.5. The standard InChI is InChI=1S/C22H28N2O2.C7H6O2/c1-22(2,3)24-14-18(25)15-26-21-10-5-4-7-17(21)13-16-8-6-9-20-19(16)11-12-23-20;8-7(9)6-4-2-1-3-5-6/h4-12,18,23-25H,13-15H2,1-3H3;1-5H,(H,8,9). The van der Waals surface area contributed by atoms with Gasteiger partial charge in [0.05, 0.1) is 5.56 Å². The monoisotopic (exact) mass is 474 g/mol. The van der Waals surface area contributed by atoms with Crippen LogP contribution in [0.5, 0.6) is 5.75 Å². The van der Waals surface area contributed by atoms with Gasteiger partial charge in [0.25, 0.3) is 0 Å². The molecule has 0 aliphatic heterocycles. The molecule has 1 heterocycles. The highest BCUT2D eigenvalue weighted by Crippen LogP contribution is 2.25. The molecule has 0 aliphatic rings. The largest absolute Gasteiger partial charge is 0.491 e. The highest BCUT2D eigenvalue weighted by Gasteiger charge is 2.14. The Labute approximate surface area is 206 Å². The molecule has 0 radical (unpaired) electrons. The van der Waals surface area contributed by atoms with Crippen LogP contribution in [-0.4, -0.2) is 46.0 Å². The Kier molecular flexibility index (Phi) is 9.06. The molecule has 0 fully saturated rings. The summed E-state index contributed by atoms with van der Waals surface area (Å²) in [5.41, 5.74) is 3.84. The fourth-order valence-electron chi connectivity index (χ4n) is 3.55. The Morgan fingerprint density at radius 2 is 1.63 bits per heavy atom. The molecule has 4 aromatic rings. The van der Waals surface area contributed by atoms with Gasteiger partial charge in [-0.05, 0) is 62.2 Å². The maximum Gasteiger partial charge on any atom is 0.335 e. The second-order valence-electron chi connectivity index (χ2n) is 9.41. The van der Waals surface area contributed by atoms with Gasteiger partial charge in [-0.3, -0.25) is 0 Å². The van der Waals surface area contributed by atoms with E-state index in [1.165, 1.54) is 10.9 Å². The molecule has 0 saturated heterocycles. The number of hydrogen-bond donors (Lipinski definition) is 4. The quantitative estimate of drug-likeness (QED) is 0.279. The molecule has 1 atom stereocenters. The minimum atomic E-state index is -0.879. The average molecular weight is 475 g/mol. The molecule has 6 nitrogen and oxygen atoms in total. The van der Waals surface area contributed by atoms with Gasteiger partial charge in [-0.1, -0.05) is 48.5 Å². The fourth-order valence-corrected chi connectivity index (χ4v) is 3.55. The molecular formula is C29H34N2O4. The number of carbonyl (C=O) groups is 1. The van der Waals surface area contributed by atoms with Crippen LogP contribution >= 0.6 is 0 Å². The van der Waals surface area contributed by atoms with Crippen molar-refractivity contribution in [1.29, 1.82) is 0 Å². The van der Waals surface area contributed by atoms with E-state index < -0.39 is 12.1 Å². The Morgan fingerprint density at radius 1 is 0.943 bits per heavy atom. The number of aromatic nitrogens is 1. The van der Waals surface area contributed by atoms with Crippen molar-refractivity contribution in [2.75, 3.05) is 13.2 Å². The summed E-state index contributed by atoms with van der Waals surface area (Å²) in [6.07, 6.45) is 2.21. The summed E-state index contributed by atoms with van der Waals surface area (Å²) >= 11 is 0. The summed E-state index contributed by atoms with van der Waals surface area (Å²) in [5, 5.41) is 23.1. The number of hydrogen-bond acceptors (Lipinski definition) is 4. The first kappa shape index (κ1) is 26.0. The summed E-state index contributed by atoms with van der Waals surface area (Å²) in [5.74, 6) is -0.0505. The Balaban J connectivity index is 0.000000320. The van der Waals surface area contributed by atoms with Gasteiger partial charge < -0.3 is 25.3 Å². The lowest BCUT2D eigenvalue weighted by atomic mass is 10.0. The highest BCUT2D eigenvalue weighted by atomic mass is 16.5. The molecule has 4 rings (SSSR count). The number of carboxylic acids is 1. The normalized spacial score (nSPS) is 12.0. The number of H-pyrrole nitrogens is 1. The summed E-state index contributed by atoms with van der Waals surface area (Å²) in [7, 11) is 0. The zero-order valence-electron chi connectivity index (χ0n) is 20.5. The third-order valence-corrected chi connectivity index (χ3v) is 5.36. The molecule has 0 spiro atoms. The van der Waals surface area contributed by atoms with Gasteiger partial charge in [0, 0.05) is 35.6 Å². The molecule has 1 aromatic heterocycles. The molecule has 0 amide bonds. The third-order valence-electron chi connectivity index (χ3n) is 5.36. The van der Waals surface area contributed by atoms with Crippen molar-refractivity contribution in [3.63, 3.8) is 0 Å². The van der Waals surface area contributed by atoms with Gasteiger partial charge in [0.2, 0.25) is 0 Å². The average Bonchev–Trinajstić information content (AvgIpc) is 3.33. The Morgan fingerprint density at radius 3 is 2.31 bits per heavy atom. The highest BCUT2D eigenvalue weighted by molar-refractivity contribution is 5.87. The minimum Gasteiger partial charge on any atom is -0.491 e. The van der Waals surface area contributed by atoms with Crippen LogP contribution in [0, 0.1) is 0 Å². The van der Waals surface area contributed by atoms with Crippen LogP contribution in [0.4, 0.5) is 0 Å². The van der Waals surface area contributed by atoms with Crippen molar-refractivity contribution in [2.45, 2.75) is 38.8 Å². The number of aromatic carboxylic acids is 1. The van der Waals surface area contributed by atoms with E-state index in [4.69, 9.17) is 9.84 Å². The molecule has 3 aromatic carbocycles. The van der Waals surface area contributed by atoms with Crippen molar-refractivity contribution in [2.24, 2.45) is 0 Å². The van der Waals surface area contributed by atoms with E-state index in [9.17, 15) is 9.90 Å². The number of aliphatic hydroxyl groups is 1. The van der Waals surface area contributed by atoms with Crippen molar-refractivity contribution in [3.8, 4) is 5.75 Å². The molecule has 4 N–H and O–H groups in total. The molecule has 1 unspecified atom stereocenters. The predicted molar refractivity (Wildman–Crippen MR) is 140 cm³/mol. The van der Waals surface area contributed by atoms with Crippen LogP contribution < -0.4 is 10.1 Å². The number of rotatable bonds is 8. The van der Waals surface area contributed by atoms with Gasteiger partial charge in [-0.25, -0.2) is 4.79 Å². The second-order valence-corrected chi connectivity index (χ2v) is 9.41. The fraction of sp³-hybridized carbons (Fsp3) is 0.276. The lowest BCUT2D eigenvalue weighted by Crippen LogP contribution is -2.42. The van der Waals surface area contributed by atoms with E-state index in [1.807, 2.05) is 24.4 Å². The van der Waals surface area contributed by atoms with E-state index in [1.54, 1.807) is 30.3 Å². The number of para-hydroxylation sites is 1. The molecule has 35 heavy (non-hydrogen) atoms. The Hall–Kier alpha value is -3.61. The lowest BCUT2D eigenvalue weighted by Gasteiger charge is -2.23. The van der Waals surface area contributed by atoms with E-state index in [0.717, 1.165) is 23.3 Å². The molecule has 184 valence electrons. The molecule has 0 bridgehead atoms. The second kappa shape index (κ2) is 12.2. The van der Waals surface area contributed by atoms with Crippen LogP contribution in [0.1, 0.15) is 42.3 Å². The number of aromatic amines is 1. The maximum atomic E-state index is 10.2. The first-order valence-electron chi connectivity index (χ1n) is 11.7. The van der Waals surface area contributed by atoms with Gasteiger partial charge in [0.1, 0.15) is 18.5 Å². The lowest BCUT2D eigenvalue weighted by molar-refractivity contribution is 0.0697. The van der Waals surface area contributed by atoms with Crippen molar-refractivity contribution >= 4 is 16.9 Å². The van der Waals surface area contributed by atoms with Crippen LogP contribution in [0.3, 0.4) is 0 Å². The van der Waals surface area contributed by atoms with Gasteiger partial charge >= 0.3 is 5.97 Å². The van der Waals surface area contributed by atoms with Crippen molar-refractivity contribution in [1.82, 2.24) is 10.3 Å². The third kappa shape index (κ3) is 8.28. The molecule has 6 heteroatoms. The number of β-amino-alcohol motifs (C(OH)–C–C–N with tert-alkyl or cyclic N) is 1. The first-order chi connectivity index (χ1) is 16.7. The zero-order valence-corrected chi connectivity index (χ0v) is 20.5. The molecular weight excluding hydrogens is 440 g/mol. The number of aliphatic hydroxyl groups excluding tert-OH is 1. The van der Waals surface area contributed by atoms with Crippen LogP contribution in [-0.2, 0) is 6.42 Å². The van der Waals surface area contributed by atoms with Gasteiger partial charge in [-0.2, -0.15) is 0 Å². The predicted octanol–water partition coefficient (Wildman–Crippen LogP) is 5.27. The van der Waals surface area contributed by atoms with Crippen molar-refractivity contribution in [3.05, 3.63) is 102 Å². The summed E-state index contributed by atoms with van der Waals surface area (Å²) < 4.78 is 5.93. The summed E-state index contributed by atoms with van der Waals surface area (Å²) in [6.45, 7) is 7.02. The number of ether oxygens (including phenoxy) is 1. The zero-order chi connectivity index (χ0) is 25.3. The van der Waals surface area contributed by atoms with Crippen molar-refractivity contribution < 1.29 is 19.7 Å². The van der Waals surface area contributed by atoms with E-state index in [2.05, 4.69) is 61.4 Å². The van der Waals surface area contributed by atoms with Crippen LogP contribution in [0.2, 0.25) is 0 Å². The first-order valence-corrected chi connectivity index (χ1v) is 11.7.